The average Bonchev–Trinajstić information content (AvgIpc) is 3.39. The van der Waals surface area contributed by atoms with Crippen LogP contribution in [0.25, 0.3) is 39.0 Å². The first-order valence-electron chi connectivity index (χ1n) is 13.7. The Labute approximate surface area is 245 Å². The SMILES string of the molecule is Clc1c(N(c2ccccc2)c2ccccc2)cccc1-n1c(-c2ccccc2)c(-c2ccccc2)c2ccccc21. The maximum Gasteiger partial charge on any atom is 0.0887 e. The normalized spacial score (nSPS) is 11.0. The van der Waals surface area contributed by atoms with Gasteiger partial charge in [0.1, 0.15) is 0 Å². The highest BCUT2D eigenvalue weighted by molar-refractivity contribution is 6.35. The molecule has 0 saturated heterocycles. The van der Waals surface area contributed by atoms with Crippen LogP contribution in [0.3, 0.4) is 0 Å². The van der Waals surface area contributed by atoms with Gasteiger partial charge in [0, 0.05) is 22.3 Å². The first-order chi connectivity index (χ1) is 20.3. The minimum atomic E-state index is 0.678. The largest absolute Gasteiger partial charge is 0.309 e. The summed E-state index contributed by atoms with van der Waals surface area (Å²) in [6.45, 7) is 0. The van der Waals surface area contributed by atoms with Crippen LogP contribution >= 0.6 is 11.6 Å². The van der Waals surface area contributed by atoms with Crippen molar-refractivity contribution in [3.05, 3.63) is 169 Å². The lowest BCUT2D eigenvalue weighted by Crippen LogP contribution is -2.11. The number of benzene rings is 6. The van der Waals surface area contributed by atoms with E-state index in [-0.39, 0.29) is 0 Å². The van der Waals surface area contributed by atoms with E-state index in [4.69, 9.17) is 11.6 Å². The summed E-state index contributed by atoms with van der Waals surface area (Å²) in [5.41, 5.74) is 9.65. The van der Waals surface area contributed by atoms with E-state index >= 15 is 0 Å². The fourth-order valence-electron chi connectivity index (χ4n) is 5.69. The quantitative estimate of drug-likeness (QED) is 0.201. The molecule has 3 heteroatoms. The summed E-state index contributed by atoms with van der Waals surface area (Å²) in [5, 5.41) is 1.86. The molecule has 0 N–H and O–H groups in total. The van der Waals surface area contributed by atoms with Crippen LogP contribution in [-0.4, -0.2) is 4.57 Å². The third-order valence-corrected chi connectivity index (χ3v) is 7.84. The minimum absolute atomic E-state index is 0.678. The molecule has 0 aliphatic heterocycles. The summed E-state index contributed by atoms with van der Waals surface area (Å²) >= 11 is 7.49. The van der Waals surface area contributed by atoms with Gasteiger partial charge in [-0.1, -0.05) is 133 Å². The molecule has 2 nitrogen and oxygen atoms in total. The molecule has 1 heterocycles. The van der Waals surface area contributed by atoms with Gasteiger partial charge in [0.15, 0.2) is 0 Å². The van der Waals surface area contributed by atoms with Crippen molar-refractivity contribution in [2.75, 3.05) is 4.90 Å². The number of fused-ring (bicyclic) bond motifs is 1. The molecule has 0 atom stereocenters. The van der Waals surface area contributed by atoms with Crippen LogP contribution < -0.4 is 4.90 Å². The fourth-order valence-corrected chi connectivity index (χ4v) is 5.99. The maximum absolute atomic E-state index is 7.49. The molecular weight excluding hydrogens is 520 g/mol. The molecule has 7 rings (SSSR count). The third kappa shape index (κ3) is 4.49. The topological polar surface area (TPSA) is 8.17 Å². The molecule has 41 heavy (non-hydrogen) atoms. The lowest BCUT2D eigenvalue weighted by atomic mass is 9.98. The number of hydrogen-bond donors (Lipinski definition) is 0. The molecule has 1 aromatic heterocycles. The van der Waals surface area contributed by atoms with Crippen molar-refractivity contribution in [2.24, 2.45) is 0 Å². The van der Waals surface area contributed by atoms with E-state index in [1.165, 1.54) is 16.5 Å². The summed E-state index contributed by atoms with van der Waals surface area (Å²) in [7, 11) is 0. The zero-order valence-corrected chi connectivity index (χ0v) is 23.1. The molecule has 6 aromatic carbocycles. The molecule has 0 radical (unpaired) electrons. The fraction of sp³-hybridized carbons (Fsp3) is 0. The maximum atomic E-state index is 7.49. The molecule has 0 fully saturated rings. The Bertz CT molecular complexity index is 1890. The zero-order valence-electron chi connectivity index (χ0n) is 22.4. The number of rotatable bonds is 6. The van der Waals surface area contributed by atoms with Gasteiger partial charge in [-0.05, 0) is 53.6 Å². The number of anilines is 3. The van der Waals surface area contributed by atoms with Gasteiger partial charge >= 0.3 is 0 Å². The number of halogens is 1. The zero-order chi connectivity index (χ0) is 27.6. The Morgan fingerprint density at radius 3 is 1.59 bits per heavy atom. The first kappa shape index (κ1) is 25.0. The van der Waals surface area contributed by atoms with Gasteiger partial charge in [0.25, 0.3) is 0 Å². The van der Waals surface area contributed by atoms with Crippen molar-refractivity contribution < 1.29 is 0 Å². The highest BCUT2D eigenvalue weighted by atomic mass is 35.5. The van der Waals surface area contributed by atoms with E-state index in [1.54, 1.807) is 0 Å². The van der Waals surface area contributed by atoms with Gasteiger partial charge in [-0.3, -0.25) is 0 Å². The van der Waals surface area contributed by atoms with E-state index < -0.39 is 0 Å². The monoisotopic (exact) mass is 546 g/mol. The van der Waals surface area contributed by atoms with Gasteiger partial charge in [0.2, 0.25) is 0 Å². The van der Waals surface area contributed by atoms with Crippen molar-refractivity contribution >= 4 is 39.6 Å². The van der Waals surface area contributed by atoms with E-state index in [2.05, 4.69) is 161 Å². The molecule has 0 saturated carbocycles. The first-order valence-corrected chi connectivity index (χ1v) is 14.1. The van der Waals surface area contributed by atoms with E-state index in [0.29, 0.717) is 5.02 Å². The molecule has 0 aliphatic rings. The number of aromatic nitrogens is 1. The Morgan fingerprint density at radius 2 is 0.976 bits per heavy atom. The Hall–Kier alpha value is -5.05. The molecule has 0 aliphatic carbocycles. The van der Waals surface area contributed by atoms with Crippen LogP contribution in [0.15, 0.2) is 164 Å². The minimum Gasteiger partial charge on any atom is -0.309 e. The van der Waals surface area contributed by atoms with Gasteiger partial charge in [-0.15, -0.1) is 0 Å². The highest BCUT2D eigenvalue weighted by Gasteiger charge is 2.24. The van der Waals surface area contributed by atoms with Crippen LogP contribution in [0.1, 0.15) is 0 Å². The van der Waals surface area contributed by atoms with Crippen LogP contribution in [0, 0.1) is 0 Å². The molecular formula is C38H27ClN2. The molecule has 0 amide bonds. The number of nitrogens with zero attached hydrogens (tertiary/aromatic N) is 2. The third-order valence-electron chi connectivity index (χ3n) is 7.45. The highest BCUT2D eigenvalue weighted by Crippen LogP contribution is 2.46. The Morgan fingerprint density at radius 1 is 0.463 bits per heavy atom. The van der Waals surface area contributed by atoms with Crippen LogP contribution in [0.5, 0.6) is 0 Å². The second kappa shape index (κ2) is 10.8. The predicted molar refractivity (Wildman–Crippen MR) is 174 cm³/mol. The van der Waals surface area contributed by atoms with Gasteiger partial charge in [-0.25, -0.2) is 0 Å². The van der Waals surface area contributed by atoms with E-state index in [0.717, 1.165) is 39.5 Å². The van der Waals surface area contributed by atoms with Crippen molar-refractivity contribution in [3.8, 4) is 28.1 Å². The second-order valence-corrected chi connectivity index (χ2v) is 10.3. The standard InChI is InChI=1S/C38H27ClN2/c39-37-34(40(30-20-9-3-10-21-30)31-22-11-4-12-23-31)26-15-27-35(37)41-33-25-14-13-24-32(33)36(28-16-5-1-6-17-28)38(41)29-18-7-2-8-19-29/h1-27H. The van der Waals surface area contributed by atoms with Crippen molar-refractivity contribution in [3.63, 3.8) is 0 Å². The number of para-hydroxylation sites is 3. The molecule has 0 spiro atoms. The summed E-state index contributed by atoms with van der Waals surface area (Å²) in [6.07, 6.45) is 0. The Balaban J connectivity index is 1.55. The van der Waals surface area contributed by atoms with E-state index in [1.807, 2.05) is 12.1 Å². The summed E-state index contributed by atoms with van der Waals surface area (Å²) in [4.78, 5) is 2.22. The molecule has 0 unspecified atom stereocenters. The summed E-state index contributed by atoms with van der Waals surface area (Å²) < 4.78 is 2.33. The smallest absolute Gasteiger partial charge is 0.0887 e. The second-order valence-electron chi connectivity index (χ2n) is 9.92. The summed E-state index contributed by atoms with van der Waals surface area (Å²) in [6, 6.07) is 56.9. The summed E-state index contributed by atoms with van der Waals surface area (Å²) in [5.74, 6) is 0. The predicted octanol–water partition coefficient (Wildman–Crippen LogP) is 11.1. The van der Waals surface area contributed by atoms with Gasteiger partial charge in [0.05, 0.1) is 27.6 Å². The molecule has 0 bridgehead atoms. The molecule has 7 aromatic rings. The van der Waals surface area contributed by atoms with E-state index in [9.17, 15) is 0 Å². The van der Waals surface area contributed by atoms with Crippen LogP contribution in [-0.2, 0) is 0 Å². The van der Waals surface area contributed by atoms with Gasteiger partial charge in [-0.2, -0.15) is 0 Å². The van der Waals surface area contributed by atoms with Gasteiger partial charge < -0.3 is 9.47 Å². The van der Waals surface area contributed by atoms with Crippen molar-refractivity contribution in [1.82, 2.24) is 4.57 Å². The van der Waals surface area contributed by atoms with Crippen LogP contribution in [0.2, 0.25) is 5.02 Å². The number of hydrogen-bond acceptors (Lipinski definition) is 1. The Kier molecular flexibility index (Phi) is 6.60. The lowest BCUT2D eigenvalue weighted by Gasteiger charge is -2.27. The van der Waals surface area contributed by atoms with Crippen molar-refractivity contribution in [1.29, 1.82) is 0 Å². The lowest BCUT2D eigenvalue weighted by molar-refractivity contribution is 1.13. The van der Waals surface area contributed by atoms with Crippen molar-refractivity contribution in [2.45, 2.75) is 0 Å². The molecule has 196 valence electrons. The van der Waals surface area contributed by atoms with Crippen LogP contribution in [0.4, 0.5) is 17.1 Å². The average molecular weight is 547 g/mol.